The predicted octanol–water partition coefficient (Wildman–Crippen LogP) is 6.58. The third-order valence-corrected chi connectivity index (χ3v) is 10.5. The van der Waals surface area contributed by atoms with E-state index in [1.165, 1.54) is 13.3 Å². The number of anilines is 3. The van der Waals surface area contributed by atoms with E-state index in [-0.39, 0.29) is 16.3 Å². The molecule has 264 valence electrons. The van der Waals surface area contributed by atoms with Crippen molar-refractivity contribution in [3.8, 4) is 16.9 Å². The van der Waals surface area contributed by atoms with E-state index in [0.29, 0.717) is 11.4 Å². The van der Waals surface area contributed by atoms with Gasteiger partial charge in [0.2, 0.25) is 0 Å². The SMILES string of the molecule is COc1c(NC(=O)Nc2ccc(-c3ccc(CN4CCOCC4)nc3)c3ccccc23)cc(C(C)(C)C)cc1NS(=O)(=O)C1=CNOC1(C)C. The number of nitrogens with one attached hydrogen (secondary N) is 4. The van der Waals surface area contributed by atoms with Crippen LogP contribution in [0.4, 0.5) is 21.9 Å². The van der Waals surface area contributed by atoms with Crippen molar-refractivity contribution in [2.45, 2.75) is 52.2 Å². The summed E-state index contributed by atoms with van der Waals surface area (Å²) in [7, 11) is -2.64. The lowest BCUT2D eigenvalue weighted by Crippen LogP contribution is -2.35. The highest BCUT2D eigenvalue weighted by atomic mass is 32.2. The van der Waals surface area contributed by atoms with E-state index in [1.807, 2.05) is 63.4 Å². The Labute approximate surface area is 293 Å². The van der Waals surface area contributed by atoms with E-state index in [0.717, 1.165) is 66.0 Å². The van der Waals surface area contributed by atoms with Gasteiger partial charge in [0.1, 0.15) is 10.5 Å². The fourth-order valence-corrected chi connectivity index (χ4v) is 7.55. The highest BCUT2D eigenvalue weighted by Crippen LogP contribution is 2.41. The molecular weight excluding hydrogens is 657 g/mol. The van der Waals surface area contributed by atoms with Crippen molar-refractivity contribution >= 4 is 43.9 Å². The van der Waals surface area contributed by atoms with Crippen LogP contribution in [0.3, 0.4) is 0 Å². The molecule has 6 rings (SSSR count). The Morgan fingerprint density at radius 3 is 2.32 bits per heavy atom. The van der Waals surface area contributed by atoms with Crippen molar-refractivity contribution in [2.24, 2.45) is 0 Å². The Balaban J connectivity index is 1.26. The Kier molecular flexibility index (Phi) is 9.78. The first-order chi connectivity index (χ1) is 23.7. The molecule has 0 atom stereocenters. The topological polar surface area (TPSA) is 143 Å². The molecule has 1 fully saturated rings. The monoisotopic (exact) mass is 700 g/mol. The zero-order valence-electron chi connectivity index (χ0n) is 29.2. The summed E-state index contributed by atoms with van der Waals surface area (Å²) in [5, 5.41) is 7.70. The van der Waals surface area contributed by atoms with Gasteiger partial charge in [-0.2, -0.15) is 0 Å². The van der Waals surface area contributed by atoms with Crippen molar-refractivity contribution in [1.82, 2.24) is 15.4 Å². The molecule has 13 heteroatoms. The first-order valence-corrected chi connectivity index (χ1v) is 18.0. The number of rotatable bonds is 9. The molecule has 12 nitrogen and oxygen atoms in total. The lowest BCUT2D eigenvalue weighted by Gasteiger charge is -2.26. The quantitative estimate of drug-likeness (QED) is 0.152. The number of amides is 2. The highest BCUT2D eigenvalue weighted by molar-refractivity contribution is 7.96. The normalized spacial score (nSPS) is 16.4. The average Bonchev–Trinajstić information content (AvgIpc) is 3.45. The minimum Gasteiger partial charge on any atom is -0.492 e. The lowest BCUT2D eigenvalue weighted by molar-refractivity contribution is -0.0136. The number of carbonyl (C=O) groups is 1. The first-order valence-electron chi connectivity index (χ1n) is 16.5. The number of nitrogens with zero attached hydrogens (tertiary/aromatic N) is 2. The second-order valence-electron chi connectivity index (χ2n) is 13.9. The van der Waals surface area contributed by atoms with Gasteiger partial charge in [-0.05, 0) is 60.0 Å². The number of aromatic nitrogens is 1. The molecule has 4 N–H and O–H groups in total. The number of sulfonamides is 1. The van der Waals surface area contributed by atoms with Crippen molar-refractivity contribution in [3.63, 3.8) is 0 Å². The molecule has 0 unspecified atom stereocenters. The number of morpholine rings is 1. The van der Waals surface area contributed by atoms with Crippen LogP contribution in [0, 0.1) is 0 Å². The van der Waals surface area contributed by atoms with Gasteiger partial charge in [-0.1, -0.05) is 57.2 Å². The number of hydroxylamine groups is 1. The van der Waals surface area contributed by atoms with E-state index >= 15 is 0 Å². The molecule has 0 bridgehead atoms. The molecule has 0 aliphatic carbocycles. The lowest BCUT2D eigenvalue weighted by atomic mass is 9.86. The minimum absolute atomic E-state index is 0.0236. The molecule has 0 spiro atoms. The van der Waals surface area contributed by atoms with Crippen LogP contribution in [0.1, 0.15) is 45.9 Å². The van der Waals surface area contributed by atoms with Crippen LogP contribution in [-0.4, -0.2) is 63.3 Å². The summed E-state index contributed by atoms with van der Waals surface area (Å²) >= 11 is 0. The van der Waals surface area contributed by atoms with Gasteiger partial charge in [-0.15, -0.1) is 0 Å². The zero-order valence-corrected chi connectivity index (χ0v) is 30.0. The van der Waals surface area contributed by atoms with E-state index in [2.05, 4.69) is 37.9 Å². The van der Waals surface area contributed by atoms with Gasteiger partial charge in [0, 0.05) is 43.0 Å². The number of benzene rings is 3. The molecule has 50 heavy (non-hydrogen) atoms. The van der Waals surface area contributed by atoms with Crippen LogP contribution in [0.15, 0.2) is 78.0 Å². The second kappa shape index (κ2) is 13.9. The number of methoxy groups -OCH3 is 1. The molecule has 2 amide bonds. The number of pyridine rings is 1. The number of urea groups is 1. The molecular formula is C37H44N6O6S. The minimum atomic E-state index is -4.07. The zero-order chi connectivity index (χ0) is 35.7. The summed E-state index contributed by atoms with van der Waals surface area (Å²) < 4.78 is 40.8. The van der Waals surface area contributed by atoms with Crippen LogP contribution in [0.25, 0.3) is 21.9 Å². The summed E-state index contributed by atoms with van der Waals surface area (Å²) in [6, 6.07) is 18.8. The summed E-state index contributed by atoms with van der Waals surface area (Å²) in [4.78, 5) is 26.1. The third kappa shape index (κ3) is 7.55. The largest absolute Gasteiger partial charge is 0.492 e. The standard InChI is InChI=1S/C37H44N6O6S/c1-36(2,3)25-19-31(34(47-6)32(20-25)42-50(45,46)33-22-39-49-37(33,4)5)41-35(44)40-30-14-13-27(28-9-7-8-10-29(28)30)24-11-12-26(38-21-24)23-43-15-17-48-18-16-43/h7-14,19-22,39,42H,15-18,23H2,1-6H3,(H2,40,41,44). The van der Waals surface area contributed by atoms with Crippen molar-refractivity contribution < 1.29 is 27.5 Å². The smallest absolute Gasteiger partial charge is 0.323 e. The van der Waals surface area contributed by atoms with E-state index in [1.54, 1.807) is 26.0 Å². The van der Waals surface area contributed by atoms with Crippen LogP contribution in [-0.2, 0) is 31.6 Å². The maximum atomic E-state index is 13.6. The number of fused-ring (bicyclic) bond motifs is 1. The van der Waals surface area contributed by atoms with Crippen LogP contribution >= 0.6 is 0 Å². The van der Waals surface area contributed by atoms with Gasteiger partial charge in [0.15, 0.2) is 5.75 Å². The molecule has 2 aliphatic heterocycles. The van der Waals surface area contributed by atoms with E-state index < -0.39 is 27.1 Å². The van der Waals surface area contributed by atoms with Gasteiger partial charge >= 0.3 is 6.03 Å². The Morgan fingerprint density at radius 1 is 0.980 bits per heavy atom. The Bertz CT molecular complexity index is 2030. The summed E-state index contributed by atoms with van der Waals surface area (Å²) in [6.45, 7) is 13.4. The molecule has 4 aromatic rings. The van der Waals surface area contributed by atoms with Gasteiger partial charge in [-0.25, -0.2) is 13.2 Å². The number of hydrogen-bond donors (Lipinski definition) is 4. The van der Waals surface area contributed by atoms with Gasteiger partial charge < -0.3 is 20.1 Å². The molecule has 1 aromatic heterocycles. The van der Waals surface area contributed by atoms with Crippen molar-refractivity contribution in [1.29, 1.82) is 0 Å². The fourth-order valence-electron chi connectivity index (χ4n) is 6.11. The number of carbonyl (C=O) groups excluding carboxylic acids is 1. The predicted molar refractivity (Wildman–Crippen MR) is 197 cm³/mol. The third-order valence-electron chi connectivity index (χ3n) is 8.84. The number of hydrogen-bond acceptors (Lipinski definition) is 9. The van der Waals surface area contributed by atoms with Crippen molar-refractivity contribution in [3.05, 3.63) is 89.2 Å². The van der Waals surface area contributed by atoms with E-state index in [9.17, 15) is 13.2 Å². The van der Waals surface area contributed by atoms with Crippen molar-refractivity contribution in [2.75, 3.05) is 48.8 Å². The summed E-state index contributed by atoms with van der Waals surface area (Å²) in [5.41, 5.74) is 5.88. The maximum Gasteiger partial charge on any atom is 0.323 e. The summed E-state index contributed by atoms with van der Waals surface area (Å²) in [5.74, 6) is 0.159. The molecule has 1 saturated heterocycles. The van der Waals surface area contributed by atoms with Crippen LogP contribution in [0.5, 0.6) is 5.75 Å². The van der Waals surface area contributed by atoms with Crippen LogP contribution < -0.4 is 25.6 Å². The molecule has 3 aromatic carbocycles. The Hall–Kier alpha value is -4.69. The molecule has 0 saturated carbocycles. The number of ether oxygens (including phenoxy) is 2. The summed E-state index contributed by atoms with van der Waals surface area (Å²) in [6.07, 6.45) is 3.20. The maximum absolute atomic E-state index is 13.6. The van der Waals surface area contributed by atoms with Crippen LogP contribution in [0.2, 0.25) is 0 Å². The van der Waals surface area contributed by atoms with Gasteiger partial charge in [-0.3, -0.25) is 24.9 Å². The van der Waals surface area contributed by atoms with Gasteiger partial charge in [0.25, 0.3) is 10.0 Å². The highest BCUT2D eigenvalue weighted by Gasteiger charge is 2.39. The first kappa shape index (κ1) is 35.1. The molecule has 0 radical (unpaired) electrons. The Morgan fingerprint density at radius 2 is 1.68 bits per heavy atom. The molecule has 3 heterocycles. The molecule has 2 aliphatic rings. The second-order valence-corrected chi connectivity index (χ2v) is 15.6. The van der Waals surface area contributed by atoms with Gasteiger partial charge in [0.05, 0.1) is 43.1 Å². The van der Waals surface area contributed by atoms with E-state index in [4.69, 9.17) is 19.3 Å². The fraction of sp³-hybridized carbons (Fsp3) is 0.351. The average molecular weight is 701 g/mol.